The maximum Gasteiger partial charge on any atom is 0.328 e. The Morgan fingerprint density at radius 3 is 2.44 bits per heavy atom. The van der Waals surface area contributed by atoms with Gasteiger partial charge in [-0.05, 0) is 67.4 Å². The van der Waals surface area contributed by atoms with Crippen LogP contribution in [0.3, 0.4) is 0 Å². The number of ether oxygens (including phenoxy) is 1. The number of hydrogen-bond donors (Lipinski definition) is 2. The van der Waals surface area contributed by atoms with Gasteiger partial charge in [-0.3, -0.25) is 19.9 Å². The maximum atomic E-state index is 14.9. The van der Waals surface area contributed by atoms with Gasteiger partial charge in [0.2, 0.25) is 5.91 Å². The third-order valence-electron chi connectivity index (χ3n) is 8.32. The number of nitrogen functional groups attached to an aromatic ring is 1. The molecule has 228 valence electrons. The zero-order valence-electron chi connectivity index (χ0n) is 24.4. The highest BCUT2D eigenvalue weighted by atomic mass is 19.1. The van der Waals surface area contributed by atoms with Gasteiger partial charge in [-0.15, -0.1) is 0 Å². The van der Waals surface area contributed by atoms with E-state index in [1.54, 1.807) is 12.1 Å². The molecule has 0 saturated carbocycles. The molecule has 2 aliphatic heterocycles. The highest BCUT2D eigenvalue weighted by molar-refractivity contribution is 6.05. The largest absolute Gasteiger partial charge is 0.457 e. The summed E-state index contributed by atoms with van der Waals surface area (Å²) in [5.74, 6) is 1.20. The first-order chi connectivity index (χ1) is 21.9. The van der Waals surface area contributed by atoms with Crippen molar-refractivity contribution >= 4 is 34.5 Å². The van der Waals surface area contributed by atoms with Gasteiger partial charge >= 0.3 is 6.03 Å². The highest BCUT2D eigenvalue weighted by Gasteiger charge is 2.28. The van der Waals surface area contributed by atoms with E-state index in [0.717, 1.165) is 37.2 Å². The molecular weight excluding hydrogens is 575 g/mol. The van der Waals surface area contributed by atoms with Crippen molar-refractivity contribution in [2.45, 2.75) is 31.8 Å². The van der Waals surface area contributed by atoms with Crippen molar-refractivity contribution in [3.63, 3.8) is 0 Å². The van der Waals surface area contributed by atoms with Gasteiger partial charge in [0.05, 0.1) is 11.4 Å². The van der Waals surface area contributed by atoms with E-state index >= 15 is 0 Å². The number of urea groups is 1. The molecule has 5 aromatic rings. The first-order valence-corrected chi connectivity index (χ1v) is 14.9. The van der Waals surface area contributed by atoms with Crippen LogP contribution in [0, 0.1) is 5.82 Å². The molecule has 12 heteroatoms. The van der Waals surface area contributed by atoms with Crippen LogP contribution in [0.1, 0.15) is 30.9 Å². The lowest BCUT2D eigenvalue weighted by molar-refractivity contribution is -0.120. The lowest BCUT2D eigenvalue weighted by atomic mass is 10.0. The quantitative estimate of drug-likeness (QED) is 0.256. The van der Waals surface area contributed by atoms with E-state index in [-0.39, 0.29) is 30.7 Å². The summed E-state index contributed by atoms with van der Waals surface area (Å²) < 4.78 is 22.8. The smallest absolute Gasteiger partial charge is 0.328 e. The van der Waals surface area contributed by atoms with Crippen LogP contribution in [0.4, 0.5) is 20.7 Å². The average molecular weight is 607 g/mol. The Balaban J connectivity index is 1.07. The topological polar surface area (TPSA) is 131 Å². The van der Waals surface area contributed by atoms with E-state index in [1.165, 1.54) is 17.3 Å². The molecule has 0 radical (unpaired) electrons. The number of fused-ring (bicyclic) bond motifs is 1. The third kappa shape index (κ3) is 5.79. The molecule has 3 amide bonds. The van der Waals surface area contributed by atoms with Crippen molar-refractivity contribution in [2.24, 2.45) is 0 Å². The van der Waals surface area contributed by atoms with Crippen LogP contribution in [0.25, 0.3) is 22.3 Å². The van der Waals surface area contributed by atoms with Crippen molar-refractivity contribution in [1.29, 1.82) is 0 Å². The number of nitrogens with two attached hydrogens (primary N) is 1. The molecule has 3 aromatic carbocycles. The number of carbonyl (C=O) groups excluding carboxylic acids is 2. The number of amides is 3. The minimum absolute atomic E-state index is 0.0678. The predicted octanol–water partition coefficient (Wildman–Crippen LogP) is 5.29. The molecule has 0 spiro atoms. The van der Waals surface area contributed by atoms with E-state index in [1.807, 2.05) is 59.3 Å². The molecule has 4 heterocycles. The third-order valence-corrected chi connectivity index (χ3v) is 8.32. The Bertz CT molecular complexity index is 1870. The van der Waals surface area contributed by atoms with Crippen LogP contribution < -0.4 is 20.7 Å². The Morgan fingerprint density at radius 1 is 0.933 bits per heavy atom. The number of benzene rings is 3. The van der Waals surface area contributed by atoms with E-state index in [9.17, 15) is 14.0 Å². The number of likely N-dealkylation sites (tertiary alicyclic amines) is 1. The summed E-state index contributed by atoms with van der Waals surface area (Å²) in [6.45, 7) is 2.10. The van der Waals surface area contributed by atoms with Gasteiger partial charge in [0, 0.05) is 49.4 Å². The van der Waals surface area contributed by atoms with Gasteiger partial charge in [-0.25, -0.2) is 23.8 Å². The van der Waals surface area contributed by atoms with E-state index in [4.69, 9.17) is 15.6 Å². The molecule has 0 bridgehead atoms. The summed E-state index contributed by atoms with van der Waals surface area (Å²) in [6.07, 6.45) is 3.23. The summed E-state index contributed by atoms with van der Waals surface area (Å²) in [4.78, 5) is 36.3. The van der Waals surface area contributed by atoms with Crippen LogP contribution in [-0.4, -0.2) is 56.2 Å². The molecule has 0 unspecified atom stereocenters. The molecule has 2 aliphatic rings. The Labute approximate surface area is 258 Å². The van der Waals surface area contributed by atoms with E-state index in [0.29, 0.717) is 46.1 Å². The summed E-state index contributed by atoms with van der Waals surface area (Å²) in [5, 5.41) is 8.03. The number of imide groups is 1. The standard InChI is InChI=1S/C33H31FN8O3/c34-27-11-8-24(41-17-14-28(43)38-33(41)44)18-22(27)19-40-15-12-23(13-16-40)42-32-29(31(35)36-20-37-32)30(39-42)21-6-9-26(10-7-21)45-25-4-2-1-3-5-25/h1-11,18,20,23H,12-17,19H2,(H2,35,36,37)(H,38,43,44). The molecule has 45 heavy (non-hydrogen) atoms. The molecular formula is C33H31FN8O3. The van der Waals surface area contributed by atoms with Crippen molar-refractivity contribution < 1.29 is 18.7 Å². The zero-order chi connectivity index (χ0) is 30.9. The van der Waals surface area contributed by atoms with Gasteiger partial charge in [-0.2, -0.15) is 5.10 Å². The van der Waals surface area contributed by atoms with Gasteiger partial charge < -0.3 is 10.5 Å². The van der Waals surface area contributed by atoms with Crippen LogP contribution in [0.2, 0.25) is 0 Å². The van der Waals surface area contributed by atoms with Gasteiger partial charge in [0.1, 0.15) is 35.2 Å². The lowest BCUT2D eigenvalue weighted by Gasteiger charge is -2.32. The van der Waals surface area contributed by atoms with E-state index < -0.39 is 6.03 Å². The number of carbonyl (C=O) groups is 2. The Kier molecular flexibility index (Phi) is 7.55. The summed E-state index contributed by atoms with van der Waals surface area (Å²) in [6, 6.07) is 21.5. The van der Waals surface area contributed by atoms with Crippen LogP contribution in [0.5, 0.6) is 11.5 Å². The van der Waals surface area contributed by atoms with Crippen molar-refractivity contribution in [3.05, 3.63) is 90.5 Å². The first-order valence-electron chi connectivity index (χ1n) is 14.9. The number of halogens is 1. The van der Waals surface area contributed by atoms with Crippen LogP contribution in [-0.2, 0) is 11.3 Å². The molecule has 0 aliphatic carbocycles. The van der Waals surface area contributed by atoms with Gasteiger partial charge in [0.25, 0.3) is 0 Å². The molecule has 7 rings (SSSR count). The number of anilines is 2. The molecule has 3 N–H and O–H groups in total. The second kappa shape index (κ2) is 12.0. The second-order valence-corrected chi connectivity index (χ2v) is 11.2. The second-order valence-electron chi connectivity index (χ2n) is 11.2. The number of para-hydroxylation sites is 1. The van der Waals surface area contributed by atoms with E-state index in [2.05, 4.69) is 20.2 Å². The molecule has 2 saturated heterocycles. The Hall–Kier alpha value is -5.36. The maximum absolute atomic E-state index is 14.9. The highest BCUT2D eigenvalue weighted by Crippen LogP contribution is 2.35. The summed E-state index contributed by atoms with van der Waals surface area (Å²) in [7, 11) is 0. The monoisotopic (exact) mass is 606 g/mol. The Morgan fingerprint density at radius 2 is 1.69 bits per heavy atom. The molecule has 11 nitrogen and oxygen atoms in total. The summed E-state index contributed by atoms with van der Waals surface area (Å²) >= 11 is 0. The average Bonchev–Trinajstić information content (AvgIpc) is 3.44. The van der Waals surface area contributed by atoms with Gasteiger partial charge in [-0.1, -0.05) is 18.2 Å². The van der Waals surface area contributed by atoms with Crippen LogP contribution >= 0.6 is 0 Å². The minimum atomic E-state index is -0.489. The normalized spacial score (nSPS) is 16.2. The SMILES string of the molecule is Nc1ncnc2c1c(-c1ccc(Oc3ccccc3)cc1)nn2C1CCN(Cc2cc(N3CCC(=O)NC3=O)ccc2F)CC1. The fraction of sp³-hybridized carbons (Fsp3) is 0.242. The number of nitrogens with zero attached hydrogens (tertiary/aromatic N) is 6. The van der Waals surface area contributed by atoms with Crippen LogP contribution in [0.15, 0.2) is 79.1 Å². The van der Waals surface area contributed by atoms with Crippen molar-refractivity contribution in [1.82, 2.24) is 30.0 Å². The molecule has 2 fully saturated rings. The number of rotatable bonds is 7. The molecule has 0 atom stereocenters. The first kappa shape index (κ1) is 28.4. The number of nitrogens with one attached hydrogen (secondary N) is 1. The van der Waals surface area contributed by atoms with Crippen molar-refractivity contribution in [3.8, 4) is 22.8 Å². The fourth-order valence-corrected chi connectivity index (χ4v) is 5.98. The van der Waals surface area contributed by atoms with Gasteiger partial charge in [0.15, 0.2) is 5.65 Å². The van der Waals surface area contributed by atoms with Crippen molar-refractivity contribution in [2.75, 3.05) is 30.3 Å². The fourth-order valence-electron chi connectivity index (χ4n) is 5.98. The summed E-state index contributed by atoms with van der Waals surface area (Å²) in [5.41, 5.74) is 9.69. The number of aromatic nitrogens is 4. The number of piperidine rings is 1. The number of hydrogen-bond acceptors (Lipinski definition) is 8. The predicted molar refractivity (Wildman–Crippen MR) is 167 cm³/mol. The zero-order valence-corrected chi connectivity index (χ0v) is 24.4. The lowest BCUT2D eigenvalue weighted by Crippen LogP contribution is -2.49. The minimum Gasteiger partial charge on any atom is -0.457 e. The molecule has 2 aromatic heterocycles.